The van der Waals surface area contributed by atoms with Gasteiger partial charge in [0.1, 0.15) is 0 Å². The molecular formula is C14H20BrNO3S. The van der Waals surface area contributed by atoms with E-state index in [0.717, 1.165) is 40.6 Å². The highest BCUT2D eigenvalue weighted by Gasteiger charge is 2.24. The molecule has 0 amide bonds. The van der Waals surface area contributed by atoms with Crippen molar-refractivity contribution in [2.24, 2.45) is 0 Å². The summed E-state index contributed by atoms with van der Waals surface area (Å²) in [5, 5.41) is 0. The number of sulfonamides is 1. The Kier molecular flexibility index (Phi) is 4.89. The number of aryl methyl sites for hydroxylation is 2. The highest BCUT2D eigenvalue weighted by atomic mass is 79.9. The maximum Gasteiger partial charge on any atom is 0.241 e. The molecule has 1 unspecified atom stereocenters. The Bertz CT molecular complexity index is 607. The first kappa shape index (κ1) is 15.9. The summed E-state index contributed by atoms with van der Waals surface area (Å²) < 4.78 is 34.0. The summed E-state index contributed by atoms with van der Waals surface area (Å²) in [5.41, 5.74) is 2.56. The minimum Gasteiger partial charge on any atom is -0.377 e. The summed E-state index contributed by atoms with van der Waals surface area (Å²) in [4.78, 5) is 0.368. The predicted octanol–water partition coefficient (Wildman–Crippen LogP) is 2.83. The van der Waals surface area contributed by atoms with Gasteiger partial charge in [-0.15, -0.1) is 0 Å². The van der Waals surface area contributed by atoms with Crippen LogP contribution in [0.5, 0.6) is 0 Å². The van der Waals surface area contributed by atoms with Crippen LogP contribution in [0.2, 0.25) is 0 Å². The quantitative estimate of drug-likeness (QED) is 0.896. The molecule has 0 spiro atoms. The van der Waals surface area contributed by atoms with Gasteiger partial charge in [0.25, 0.3) is 0 Å². The van der Waals surface area contributed by atoms with Gasteiger partial charge in [0.2, 0.25) is 10.0 Å². The maximum absolute atomic E-state index is 12.5. The summed E-state index contributed by atoms with van der Waals surface area (Å²) in [6.07, 6.45) is 1.91. The van der Waals surface area contributed by atoms with Crippen molar-refractivity contribution in [1.29, 1.82) is 0 Å². The van der Waals surface area contributed by atoms with Crippen LogP contribution in [-0.2, 0) is 14.8 Å². The van der Waals surface area contributed by atoms with Crippen LogP contribution in [0.4, 0.5) is 0 Å². The third-order valence-electron chi connectivity index (χ3n) is 3.60. The van der Waals surface area contributed by atoms with Crippen LogP contribution >= 0.6 is 15.9 Å². The number of halogens is 1. The fourth-order valence-electron chi connectivity index (χ4n) is 2.64. The van der Waals surface area contributed by atoms with E-state index in [1.54, 1.807) is 0 Å². The summed E-state index contributed by atoms with van der Waals surface area (Å²) in [7, 11) is -3.51. The van der Waals surface area contributed by atoms with Crippen molar-refractivity contribution < 1.29 is 13.2 Å². The van der Waals surface area contributed by atoms with E-state index >= 15 is 0 Å². The fourth-order valence-corrected chi connectivity index (χ4v) is 4.62. The lowest BCUT2D eigenvalue weighted by atomic mass is 10.1. The van der Waals surface area contributed by atoms with Crippen LogP contribution in [0.3, 0.4) is 0 Å². The predicted molar refractivity (Wildman–Crippen MR) is 82.5 cm³/mol. The maximum atomic E-state index is 12.5. The second kappa shape index (κ2) is 6.13. The zero-order valence-electron chi connectivity index (χ0n) is 12.0. The van der Waals surface area contributed by atoms with Crippen molar-refractivity contribution in [1.82, 2.24) is 4.72 Å². The van der Waals surface area contributed by atoms with E-state index in [4.69, 9.17) is 4.74 Å². The molecule has 20 heavy (non-hydrogen) atoms. The molecule has 1 aliphatic rings. The molecule has 0 saturated carbocycles. The number of ether oxygens (including phenoxy) is 1. The number of nitrogens with one attached hydrogen (secondary N) is 1. The van der Waals surface area contributed by atoms with Crippen LogP contribution in [0, 0.1) is 20.8 Å². The average molecular weight is 362 g/mol. The standard InChI is InChI=1S/C14H20BrNO3S/c1-9-7-10(2)14(11(3)13(9)15)20(17,18)16-8-12-5-4-6-19-12/h7,12,16H,4-6,8H2,1-3H3. The van der Waals surface area contributed by atoms with E-state index in [1.807, 2.05) is 26.8 Å². The van der Waals surface area contributed by atoms with Gasteiger partial charge in [0, 0.05) is 17.6 Å². The average Bonchev–Trinajstić information content (AvgIpc) is 2.86. The Hall–Kier alpha value is -0.430. The van der Waals surface area contributed by atoms with Crippen molar-refractivity contribution in [2.75, 3.05) is 13.2 Å². The molecule has 1 atom stereocenters. The van der Waals surface area contributed by atoms with Crippen molar-refractivity contribution in [2.45, 2.75) is 44.6 Å². The second-order valence-electron chi connectivity index (χ2n) is 5.27. The van der Waals surface area contributed by atoms with E-state index in [0.29, 0.717) is 11.4 Å². The second-order valence-corrected chi connectivity index (χ2v) is 7.76. The molecule has 0 aromatic heterocycles. The van der Waals surface area contributed by atoms with Crippen LogP contribution in [0.1, 0.15) is 29.5 Å². The normalized spacial score (nSPS) is 19.5. The zero-order chi connectivity index (χ0) is 14.9. The van der Waals surface area contributed by atoms with Crippen LogP contribution in [0.15, 0.2) is 15.4 Å². The molecule has 1 N–H and O–H groups in total. The van der Waals surface area contributed by atoms with Gasteiger partial charge in [-0.1, -0.05) is 22.0 Å². The van der Waals surface area contributed by atoms with Gasteiger partial charge in [0.05, 0.1) is 11.0 Å². The summed E-state index contributed by atoms with van der Waals surface area (Å²) in [6.45, 7) is 6.67. The molecule has 1 fully saturated rings. The van der Waals surface area contributed by atoms with Crippen molar-refractivity contribution in [3.05, 3.63) is 27.2 Å². The van der Waals surface area contributed by atoms with E-state index < -0.39 is 10.0 Å². The van der Waals surface area contributed by atoms with E-state index in [1.165, 1.54) is 0 Å². The van der Waals surface area contributed by atoms with Gasteiger partial charge >= 0.3 is 0 Å². The highest BCUT2D eigenvalue weighted by molar-refractivity contribution is 9.10. The van der Waals surface area contributed by atoms with Crippen LogP contribution in [-0.4, -0.2) is 27.7 Å². The Labute approximate surface area is 129 Å². The topological polar surface area (TPSA) is 55.4 Å². The number of hydrogen-bond donors (Lipinski definition) is 1. The lowest BCUT2D eigenvalue weighted by molar-refractivity contribution is 0.114. The zero-order valence-corrected chi connectivity index (χ0v) is 14.4. The van der Waals surface area contributed by atoms with E-state index in [9.17, 15) is 8.42 Å². The van der Waals surface area contributed by atoms with Crippen molar-refractivity contribution >= 4 is 26.0 Å². The Balaban J connectivity index is 2.27. The van der Waals surface area contributed by atoms with Crippen LogP contribution in [0.25, 0.3) is 0 Å². The molecule has 0 bridgehead atoms. The summed E-state index contributed by atoms with van der Waals surface area (Å²) in [5.74, 6) is 0. The van der Waals surface area contributed by atoms with Gasteiger partial charge in [-0.05, 0) is 50.3 Å². The van der Waals surface area contributed by atoms with Crippen molar-refractivity contribution in [3.8, 4) is 0 Å². The first-order valence-corrected chi connectivity index (χ1v) is 8.98. The first-order valence-electron chi connectivity index (χ1n) is 6.70. The molecule has 6 heteroatoms. The van der Waals surface area contributed by atoms with E-state index in [-0.39, 0.29) is 6.10 Å². The summed E-state index contributed by atoms with van der Waals surface area (Å²) in [6, 6.07) is 1.89. The number of hydrogen-bond acceptors (Lipinski definition) is 3. The molecule has 4 nitrogen and oxygen atoms in total. The molecule has 1 aliphatic heterocycles. The Morgan fingerprint density at radius 2 is 2.05 bits per heavy atom. The lowest BCUT2D eigenvalue weighted by Crippen LogP contribution is -2.32. The van der Waals surface area contributed by atoms with Gasteiger partial charge in [0.15, 0.2) is 0 Å². The van der Waals surface area contributed by atoms with Gasteiger partial charge in [-0.25, -0.2) is 13.1 Å². The molecule has 2 rings (SSSR count). The fraction of sp³-hybridized carbons (Fsp3) is 0.571. The minimum atomic E-state index is -3.51. The molecule has 1 aromatic carbocycles. The third-order valence-corrected chi connectivity index (χ3v) is 6.53. The SMILES string of the molecule is Cc1cc(C)c(S(=O)(=O)NCC2CCCO2)c(C)c1Br. The lowest BCUT2D eigenvalue weighted by Gasteiger charge is -2.16. The number of benzene rings is 1. The minimum absolute atomic E-state index is 0.000670. The largest absolute Gasteiger partial charge is 0.377 e. The smallest absolute Gasteiger partial charge is 0.241 e. The monoisotopic (exact) mass is 361 g/mol. The molecule has 1 aromatic rings. The van der Waals surface area contributed by atoms with Crippen molar-refractivity contribution in [3.63, 3.8) is 0 Å². The molecular weight excluding hydrogens is 342 g/mol. The first-order chi connectivity index (χ1) is 9.33. The number of rotatable bonds is 4. The van der Waals surface area contributed by atoms with Gasteiger partial charge < -0.3 is 4.74 Å². The molecule has 0 aliphatic carbocycles. The Morgan fingerprint density at radius 1 is 1.35 bits per heavy atom. The van der Waals surface area contributed by atoms with Crippen LogP contribution < -0.4 is 4.72 Å². The van der Waals surface area contributed by atoms with E-state index in [2.05, 4.69) is 20.7 Å². The Morgan fingerprint density at radius 3 is 2.65 bits per heavy atom. The third kappa shape index (κ3) is 3.24. The molecule has 0 radical (unpaired) electrons. The highest BCUT2D eigenvalue weighted by Crippen LogP contribution is 2.30. The summed E-state index contributed by atoms with van der Waals surface area (Å²) >= 11 is 3.46. The van der Waals surface area contributed by atoms with Gasteiger partial charge in [-0.3, -0.25) is 0 Å². The molecule has 1 saturated heterocycles. The molecule has 112 valence electrons. The molecule has 1 heterocycles. The van der Waals surface area contributed by atoms with Gasteiger partial charge in [-0.2, -0.15) is 0 Å².